The topological polar surface area (TPSA) is 117 Å². The van der Waals surface area contributed by atoms with Gasteiger partial charge in [-0.3, -0.25) is 9.59 Å². The van der Waals surface area contributed by atoms with Crippen molar-refractivity contribution >= 4 is 28.8 Å². The summed E-state index contributed by atoms with van der Waals surface area (Å²) >= 11 is 0.853. The lowest BCUT2D eigenvalue weighted by atomic mass is 10.3. The molecule has 0 aromatic rings. The molecule has 1 unspecified atom stereocenters. The molecule has 0 N–H and O–H groups in total. The van der Waals surface area contributed by atoms with Gasteiger partial charge in [-0.15, -0.1) is 0 Å². The van der Waals surface area contributed by atoms with Gasteiger partial charge in [0, 0.05) is 19.1 Å². The maximum Gasteiger partial charge on any atom is 0.331 e. The van der Waals surface area contributed by atoms with Crippen LogP contribution in [0.4, 0.5) is 0 Å². The first kappa shape index (κ1) is 22.0. The van der Waals surface area contributed by atoms with Crippen molar-refractivity contribution in [2.75, 3.05) is 13.2 Å². The fraction of sp³-hybridized carbons (Fsp3) is 0.500. The van der Waals surface area contributed by atoms with E-state index in [4.69, 9.17) is 10.5 Å². The third kappa shape index (κ3) is 15.7. The summed E-state index contributed by atoms with van der Waals surface area (Å²) < 4.78 is 9.11. The lowest BCUT2D eigenvalue weighted by Crippen LogP contribution is -2.13. The Morgan fingerprint density at radius 1 is 1.18 bits per heavy atom. The third-order valence-corrected chi connectivity index (χ3v) is 2.58. The minimum absolute atomic E-state index is 0.0331. The molecule has 0 heterocycles. The molecule has 0 aliphatic carbocycles. The number of carbonyl (C=O) groups is 3. The molecular weight excluding hydrogens is 308 g/mol. The van der Waals surface area contributed by atoms with Crippen LogP contribution in [-0.4, -0.2) is 35.5 Å². The molecule has 22 heavy (non-hydrogen) atoms. The summed E-state index contributed by atoms with van der Waals surface area (Å²) in [5.41, 5.74) is 0. The first-order valence-electron chi connectivity index (χ1n) is 6.36. The molecule has 0 aromatic carbocycles. The zero-order valence-electron chi connectivity index (χ0n) is 12.7. The van der Waals surface area contributed by atoms with Gasteiger partial charge >= 0.3 is 11.9 Å². The molecule has 1 atom stereocenters. The summed E-state index contributed by atoms with van der Waals surface area (Å²) in [6.45, 7) is 5.39. The molecule has 8 heteroatoms. The number of rotatable bonds is 6. The highest BCUT2D eigenvalue weighted by molar-refractivity contribution is 8.14. The summed E-state index contributed by atoms with van der Waals surface area (Å²) in [5, 5.41) is 15.7. The van der Waals surface area contributed by atoms with E-state index in [1.807, 2.05) is 6.07 Å². The van der Waals surface area contributed by atoms with Gasteiger partial charge in [0.25, 0.3) is 0 Å². The number of allylic oxidation sites excluding steroid dienone is 1. The van der Waals surface area contributed by atoms with Crippen LogP contribution in [0.1, 0.15) is 27.2 Å². The first-order valence-corrected chi connectivity index (χ1v) is 7.24. The number of esters is 2. The Hall–Kier alpha value is -2.32. The van der Waals surface area contributed by atoms with Gasteiger partial charge in [-0.25, -0.2) is 4.79 Å². The monoisotopic (exact) mass is 326 g/mol. The Kier molecular flexibility index (Phi) is 15.1. The summed E-state index contributed by atoms with van der Waals surface area (Å²) in [7, 11) is 0. The standard InChI is InChI=1S/C8H11NO3S.C6H7NO2/c1-3-12-8(11)4-7(5-9)13-6(2)10;1-2-9-6(8)4-3-5-7/h7H,3-4H2,1-2H3;3-4H,2H2,1H3/b;4-3-. The van der Waals surface area contributed by atoms with Crippen LogP contribution >= 0.6 is 11.8 Å². The summed E-state index contributed by atoms with van der Waals surface area (Å²) in [5.74, 6) is -0.915. The number of hydrogen-bond acceptors (Lipinski definition) is 8. The van der Waals surface area contributed by atoms with Crippen molar-refractivity contribution in [3.8, 4) is 12.1 Å². The van der Waals surface area contributed by atoms with Gasteiger partial charge in [0.15, 0.2) is 5.12 Å². The molecule has 0 aromatic heterocycles. The second-order valence-electron chi connectivity index (χ2n) is 3.45. The largest absolute Gasteiger partial charge is 0.466 e. The van der Waals surface area contributed by atoms with E-state index in [1.165, 1.54) is 6.92 Å². The van der Waals surface area contributed by atoms with E-state index in [1.54, 1.807) is 19.9 Å². The maximum absolute atomic E-state index is 10.9. The third-order valence-electron chi connectivity index (χ3n) is 1.69. The Balaban J connectivity index is 0. The lowest BCUT2D eigenvalue weighted by molar-refractivity contribution is -0.143. The summed E-state index contributed by atoms with van der Waals surface area (Å²) in [6.07, 6.45) is 2.13. The van der Waals surface area contributed by atoms with E-state index < -0.39 is 17.2 Å². The van der Waals surface area contributed by atoms with Crippen molar-refractivity contribution in [3.63, 3.8) is 0 Å². The fourth-order valence-electron chi connectivity index (χ4n) is 0.981. The molecule has 0 bridgehead atoms. The maximum atomic E-state index is 10.9. The smallest absolute Gasteiger partial charge is 0.331 e. The second kappa shape index (κ2) is 15.1. The highest BCUT2D eigenvalue weighted by Crippen LogP contribution is 2.14. The summed E-state index contributed by atoms with van der Waals surface area (Å²) in [4.78, 5) is 31.8. The van der Waals surface area contributed by atoms with E-state index in [2.05, 4.69) is 9.47 Å². The van der Waals surface area contributed by atoms with Crippen LogP contribution in [0.25, 0.3) is 0 Å². The van der Waals surface area contributed by atoms with Crippen molar-refractivity contribution in [2.24, 2.45) is 0 Å². The molecule has 0 spiro atoms. The van der Waals surface area contributed by atoms with Gasteiger partial charge in [-0.05, 0) is 13.8 Å². The van der Waals surface area contributed by atoms with E-state index in [0.717, 1.165) is 23.9 Å². The second-order valence-corrected chi connectivity index (χ2v) is 4.83. The van der Waals surface area contributed by atoms with Crippen LogP contribution in [0.15, 0.2) is 12.2 Å². The van der Waals surface area contributed by atoms with Crippen molar-refractivity contribution in [1.29, 1.82) is 10.5 Å². The van der Waals surface area contributed by atoms with Crippen molar-refractivity contribution in [2.45, 2.75) is 32.4 Å². The van der Waals surface area contributed by atoms with Crippen molar-refractivity contribution in [3.05, 3.63) is 12.2 Å². The fourth-order valence-corrected chi connectivity index (χ4v) is 1.65. The van der Waals surface area contributed by atoms with Crippen molar-refractivity contribution in [1.82, 2.24) is 0 Å². The molecule has 0 aliphatic rings. The minimum atomic E-state index is -0.628. The van der Waals surface area contributed by atoms with Crippen LogP contribution in [0.2, 0.25) is 0 Å². The SMILES string of the molecule is CCOC(=O)/C=C\C#N.CCOC(=O)CC(C#N)SC(C)=O. The van der Waals surface area contributed by atoms with E-state index in [9.17, 15) is 14.4 Å². The predicted octanol–water partition coefficient (Wildman–Crippen LogP) is 1.74. The molecular formula is C14H18N2O5S. The number of nitriles is 2. The van der Waals surface area contributed by atoms with Crippen molar-refractivity contribution < 1.29 is 23.9 Å². The molecule has 0 aliphatic heterocycles. The Labute approximate surface area is 133 Å². The van der Waals surface area contributed by atoms with E-state index in [0.29, 0.717) is 13.2 Å². The number of carbonyl (C=O) groups excluding carboxylic acids is 3. The Morgan fingerprint density at radius 2 is 1.77 bits per heavy atom. The normalized spacial score (nSPS) is 10.4. The molecule has 0 amide bonds. The molecule has 120 valence electrons. The molecule has 0 fully saturated rings. The molecule has 0 saturated carbocycles. The zero-order chi connectivity index (χ0) is 17.4. The van der Waals surface area contributed by atoms with Crippen LogP contribution in [0, 0.1) is 22.7 Å². The highest BCUT2D eigenvalue weighted by atomic mass is 32.2. The molecule has 0 rings (SSSR count). The average Bonchev–Trinajstić information content (AvgIpc) is 2.45. The van der Waals surface area contributed by atoms with E-state index >= 15 is 0 Å². The number of ether oxygens (including phenoxy) is 2. The van der Waals surface area contributed by atoms with Gasteiger partial charge in [-0.1, -0.05) is 11.8 Å². The number of hydrogen-bond donors (Lipinski definition) is 0. The van der Waals surface area contributed by atoms with Gasteiger partial charge < -0.3 is 9.47 Å². The highest BCUT2D eigenvalue weighted by Gasteiger charge is 2.16. The van der Waals surface area contributed by atoms with E-state index in [-0.39, 0.29) is 11.5 Å². The Bertz CT molecular complexity index is 477. The minimum Gasteiger partial charge on any atom is -0.466 e. The Morgan fingerprint density at radius 3 is 2.18 bits per heavy atom. The van der Waals surface area contributed by atoms with Gasteiger partial charge in [0.05, 0.1) is 31.8 Å². The van der Waals surface area contributed by atoms with Crippen LogP contribution < -0.4 is 0 Å². The zero-order valence-corrected chi connectivity index (χ0v) is 13.5. The van der Waals surface area contributed by atoms with Gasteiger partial charge in [-0.2, -0.15) is 10.5 Å². The lowest BCUT2D eigenvalue weighted by Gasteiger charge is -2.04. The van der Waals surface area contributed by atoms with Gasteiger partial charge in [0.1, 0.15) is 5.25 Å². The number of thioether (sulfide) groups is 1. The number of nitrogens with zero attached hydrogens (tertiary/aromatic N) is 2. The first-order chi connectivity index (χ1) is 10.4. The quantitative estimate of drug-likeness (QED) is 0.411. The molecule has 0 saturated heterocycles. The summed E-state index contributed by atoms with van der Waals surface area (Å²) in [6, 6.07) is 3.54. The van der Waals surface area contributed by atoms with Gasteiger partial charge in [0.2, 0.25) is 0 Å². The predicted molar refractivity (Wildman–Crippen MR) is 80.3 cm³/mol. The van der Waals surface area contributed by atoms with Crippen LogP contribution in [-0.2, 0) is 23.9 Å². The molecule has 0 radical (unpaired) electrons. The van der Waals surface area contributed by atoms with Crippen LogP contribution in [0.5, 0.6) is 0 Å². The average molecular weight is 326 g/mol. The van der Waals surface area contributed by atoms with Crippen LogP contribution in [0.3, 0.4) is 0 Å². The molecule has 7 nitrogen and oxygen atoms in total.